The lowest BCUT2D eigenvalue weighted by atomic mass is 10.0. The standard InChI is InChI=1S/C24H22FN5O2S/c1-15-3-5-16(6-4-15)11-19-7-9-20-22(33(27,32)29-19)14-30(2)23(20)24(31)28-18-8-10-21(25)17(12-18)13-26/h3-10,12,14,19H,11H2,1-2H3,(H,28,31)(H2,27,29,32)/t19-,33?/m1/s1. The molecule has 0 aliphatic carbocycles. The summed E-state index contributed by atoms with van der Waals surface area (Å²) in [4.78, 5) is 13.3. The van der Waals surface area contributed by atoms with Crippen LogP contribution >= 0.6 is 0 Å². The van der Waals surface area contributed by atoms with Gasteiger partial charge in [0.15, 0.2) is 0 Å². The van der Waals surface area contributed by atoms with Crippen LogP contribution in [-0.4, -0.2) is 20.7 Å². The van der Waals surface area contributed by atoms with Crippen molar-refractivity contribution in [2.75, 3.05) is 5.32 Å². The van der Waals surface area contributed by atoms with E-state index in [1.165, 1.54) is 22.9 Å². The number of aromatic nitrogens is 1. The molecule has 0 saturated heterocycles. The fraction of sp³-hybridized carbons (Fsp3) is 0.167. The van der Waals surface area contributed by atoms with Gasteiger partial charge < -0.3 is 9.88 Å². The number of amides is 1. The Balaban J connectivity index is 1.66. The predicted molar refractivity (Wildman–Crippen MR) is 124 cm³/mol. The number of nitrogens with zero attached hydrogens (tertiary/aromatic N) is 2. The lowest BCUT2D eigenvalue weighted by Crippen LogP contribution is -2.33. The van der Waals surface area contributed by atoms with E-state index in [1.807, 2.05) is 37.3 Å². The minimum absolute atomic E-state index is 0.185. The van der Waals surface area contributed by atoms with Gasteiger partial charge in [0.25, 0.3) is 5.91 Å². The molecule has 0 bridgehead atoms. The first kappa shape index (κ1) is 22.5. The molecule has 3 aromatic rings. The maximum atomic E-state index is 13.6. The van der Waals surface area contributed by atoms with Crippen molar-refractivity contribution in [2.24, 2.45) is 7.05 Å². The molecule has 1 aromatic heterocycles. The minimum atomic E-state index is -3.39. The van der Waals surface area contributed by atoms with Crippen LogP contribution in [0.4, 0.5) is 10.1 Å². The molecule has 2 atom stereocenters. The lowest BCUT2D eigenvalue weighted by molar-refractivity contribution is 0.101. The first-order valence-electron chi connectivity index (χ1n) is 10.2. The van der Waals surface area contributed by atoms with Crippen LogP contribution in [0.15, 0.2) is 59.6 Å². The summed E-state index contributed by atoms with van der Waals surface area (Å²) in [5, 5.41) is 11.7. The molecule has 0 spiro atoms. The van der Waals surface area contributed by atoms with Crippen molar-refractivity contribution in [3.05, 3.63) is 88.5 Å². The van der Waals surface area contributed by atoms with Crippen LogP contribution < -0.4 is 10.0 Å². The average molecular weight is 464 g/mol. The van der Waals surface area contributed by atoms with E-state index < -0.39 is 21.6 Å². The molecule has 0 saturated carbocycles. The first-order valence-corrected chi connectivity index (χ1v) is 11.7. The summed E-state index contributed by atoms with van der Waals surface area (Å²) >= 11 is 0. The SMILES string of the molecule is Cc1ccc(C[C@H]2C=Cc3c(cn(C)c3C(=O)Nc3ccc(F)c(C#N)c3)S(=N)(=O)N2)cc1. The van der Waals surface area contributed by atoms with Crippen LogP contribution in [0.25, 0.3) is 6.08 Å². The maximum Gasteiger partial charge on any atom is 0.272 e. The van der Waals surface area contributed by atoms with Crippen LogP contribution in [0.2, 0.25) is 0 Å². The normalized spacial score (nSPS) is 19.4. The van der Waals surface area contributed by atoms with Crippen LogP contribution in [0.3, 0.4) is 0 Å². The smallest absolute Gasteiger partial charge is 0.272 e. The molecule has 0 radical (unpaired) electrons. The second-order valence-corrected chi connectivity index (χ2v) is 9.74. The van der Waals surface area contributed by atoms with Gasteiger partial charge in [0.05, 0.1) is 10.5 Å². The molecule has 1 unspecified atom stereocenters. The van der Waals surface area contributed by atoms with E-state index in [2.05, 4.69) is 10.0 Å². The Hall–Kier alpha value is -3.74. The zero-order valence-electron chi connectivity index (χ0n) is 18.1. The summed E-state index contributed by atoms with van der Waals surface area (Å²) < 4.78 is 39.8. The molecule has 2 aromatic carbocycles. The highest BCUT2D eigenvalue weighted by atomic mass is 32.2. The fourth-order valence-electron chi connectivity index (χ4n) is 3.78. The van der Waals surface area contributed by atoms with Gasteiger partial charge in [0.2, 0.25) is 0 Å². The van der Waals surface area contributed by atoms with E-state index in [9.17, 15) is 13.4 Å². The van der Waals surface area contributed by atoms with Gasteiger partial charge in [-0.15, -0.1) is 0 Å². The second kappa shape index (κ2) is 8.65. The van der Waals surface area contributed by atoms with Crippen molar-refractivity contribution < 1.29 is 13.4 Å². The van der Waals surface area contributed by atoms with E-state index >= 15 is 0 Å². The molecule has 168 valence electrons. The van der Waals surface area contributed by atoms with Gasteiger partial charge in [-0.25, -0.2) is 18.1 Å². The molecule has 4 rings (SSSR count). The Morgan fingerprint density at radius 1 is 1.30 bits per heavy atom. The minimum Gasteiger partial charge on any atom is -0.345 e. The summed E-state index contributed by atoms with van der Waals surface area (Å²) in [7, 11) is -1.76. The highest BCUT2D eigenvalue weighted by Gasteiger charge is 2.28. The number of hydrogen-bond acceptors (Lipinski definition) is 4. The molecule has 0 fully saturated rings. The van der Waals surface area contributed by atoms with Gasteiger partial charge >= 0.3 is 0 Å². The largest absolute Gasteiger partial charge is 0.345 e. The van der Waals surface area contributed by atoms with Crippen LogP contribution in [0.5, 0.6) is 0 Å². The lowest BCUT2D eigenvalue weighted by Gasteiger charge is -2.15. The topological polar surface area (TPSA) is 111 Å². The maximum absolute atomic E-state index is 13.6. The number of carbonyl (C=O) groups is 1. The highest BCUT2D eigenvalue weighted by molar-refractivity contribution is 7.90. The zero-order chi connectivity index (χ0) is 23.8. The van der Waals surface area contributed by atoms with Crippen molar-refractivity contribution in [2.45, 2.75) is 24.3 Å². The molecule has 1 aliphatic rings. The Labute approximate surface area is 191 Å². The number of carbonyl (C=O) groups excluding carboxylic acids is 1. The van der Waals surface area contributed by atoms with Gasteiger partial charge in [-0.1, -0.05) is 42.0 Å². The molecule has 2 heterocycles. The van der Waals surface area contributed by atoms with Crippen molar-refractivity contribution >= 4 is 27.6 Å². The third-order valence-corrected chi connectivity index (χ3v) is 7.02. The number of rotatable bonds is 4. The first-order chi connectivity index (χ1) is 15.7. The quantitative estimate of drug-likeness (QED) is 0.541. The van der Waals surface area contributed by atoms with E-state index in [0.29, 0.717) is 12.0 Å². The molecular formula is C24H22FN5O2S. The van der Waals surface area contributed by atoms with Gasteiger partial charge in [-0.2, -0.15) is 5.26 Å². The molecule has 7 nitrogen and oxygen atoms in total. The number of benzene rings is 2. The second-order valence-electron chi connectivity index (χ2n) is 7.96. The van der Waals surface area contributed by atoms with E-state index in [4.69, 9.17) is 10.0 Å². The van der Waals surface area contributed by atoms with Crippen LogP contribution in [-0.2, 0) is 23.4 Å². The summed E-state index contributed by atoms with van der Waals surface area (Å²) in [5.74, 6) is -1.20. The monoisotopic (exact) mass is 463 g/mol. The number of halogens is 1. The van der Waals surface area contributed by atoms with Crippen molar-refractivity contribution in [1.29, 1.82) is 10.0 Å². The zero-order valence-corrected chi connectivity index (χ0v) is 18.9. The van der Waals surface area contributed by atoms with E-state index in [0.717, 1.165) is 17.2 Å². The highest BCUT2D eigenvalue weighted by Crippen LogP contribution is 2.28. The third-order valence-electron chi connectivity index (χ3n) is 5.44. The summed E-state index contributed by atoms with van der Waals surface area (Å²) in [6.07, 6.45) is 5.57. The number of nitriles is 1. The van der Waals surface area contributed by atoms with Crippen molar-refractivity contribution in [1.82, 2.24) is 9.29 Å². The van der Waals surface area contributed by atoms with E-state index in [-0.39, 0.29) is 27.9 Å². The molecule has 9 heteroatoms. The van der Waals surface area contributed by atoms with Gasteiger partial charge in [-0.3, -0.25) is 4.79 Å². The van der Waals surface area contributed by atoms with Gasteiger partial charge in [0, 0.05) is 30.5 Å². The number of aryl methyl sites for hydroxylation is 2. The van der Waals surface area contributed by atoms with Crippen LogP contribution in [0, 0.1) is 28.9 Å². The number of fused-ring (bicyclic) bond motifs is 1. The molecule has 3 N–H and O–H groups in total. The summed E-state index contributed by atoms with van der Waals surface area (Å²) in [6, 6.07) is 13.1. The number of nitrogens with one attached hydrogen (secondary N) is 3. The average Bonchev–Trinajstić information content (AvgIpc) is 3.06. The Kier molecular flexibility index (Phi) is 5.89. The Morgan fingerprint density at radius 2 is 2.03 bits per heavy atom. The van der Waals surface area contributed by atoms with Gasteiger partial charge in [0.1, 0.15) is 27.5 Å². The molecule has 1 aliphatic heterocycles. The molecule has 1 amide bonds. The summed E-state index contributed by atoms with van der Waals surface area (Å²) in [5.41, 5.74) is 2.84. The molecular weight excluding hydrogens is 441 g/mol. The Bertz CT molecular complexity index is 1420. The number of hydrogen-bond donors (Lipinski definition) is 3. The third kappa shape index (κ3) is 4.58. The summed E-state index contributed by atoms with van der Waals surface area (Å²) in [6.45, 7) is 2.00. The Morgan fingerprint density at radius 3 is 2.73 bits per heavy atom. The van der Waals surface area contributed by atoms with Crippen molar-refractivity contribution in [3.63, 3.8) is 0 Å². The predicted octanol–water partition coefficient (Wildman–Crippen LogP) is 4.14. The number of anilines is 1. The fourth-order valence-corrected chi connectivity index (χ4v) is 5.28. The molecule has 33 heavy (non-hydrogen) atoms. The van der Waals surface area contributed by atoms with Gasteiger partial charge in [-0.05, 0) is 37.1 Å². The van der Waals surface area contributed by atoms with E-state index in [1.54, 1.807) is 19.2 Å². The van der Waals surface area contributed by atoms with Crippen LogP contribution in [0.1, 0.15) is 32.7 Å². The van der Waals surface area contributed by atoms with Crippen molar-refractivity contribution in [3.8, 4) is 6.07 Å².